The van der Waals surface area contributed by atoms with E-state index in [-0.39, 0.29) is 36.2 Å². The van der Waals surface area contributed by atoms with Gasteiger partial charge in [0.15, 0.2) is 0 Å². The van der Waals surface area contributed by atoms with Gasteiger partial charge in [-0.25, -0.2) is 12.8 Å². The third-order valence-electron chi connectivity index (χ3n) is 5.10. The molecule has 1 aliphatic heterocycles. The van der Waals surface area contributed by atoms with Crippen molar-refractivity contribution >= 4 is 21.8 Å². The molecule has 1 atom stereocenters. The van der Waals surface area contributed by atoms with Crippen molar-refractivity contribution in [1.82, 2.24) is 19.9 Å². The van der Waals surface area contributed by atoms with Crippen molar-refractivity contribution in [1.29, 1.82) is 0 Å². The summed E-state index contributed by atoms with van der Waals surface area (Å²) in [7, 11) is -3.79. The number of hydrogen-bond acceptors (Lipinski definition) is 5. The van der Waals surface area contributed by atoms with Crippen LogP contribution in [0.2, 0.25) is 0 Å². The number of nitrogens with one attached hydrogen (secondary N) is 2. The lowest BCUT2D eigenvalue weighted by Crippen LogP contribution is -2.45. The maximum atomic E-state index is 13.1. The SMILES string of the molecule is O=C(CCNC(=O)[C@@H]1CCCN(S(=O)(=O)c2ccc(F)cc2)C1)NCc1ccncc1. The molecule has 166 valence electrons. The first-order chi connectivity index (χ1) is 14.9. The van der Waals surface area contributed by atoms with Gasteiger partial charge in [-0.2, -0.15) is 4.31 Å². The molecule has 2 aromatic rings. The highest BCUT2D eigenvalue weighted by atomic mass is 32.2. The first kappa shape index (κ1) is 22.8. The highest BCUT2D eigenvalue weighted by Crippen LogP contribution is 2.24. The number of carbonyl (C=O) groups is 2. The summed E-state index contributed by atoms with van der Waals surface area (Å²) in [6.45, 7) is 0.914. The summed E-state index contributed by atoms with van der Waals surface area (Å²) in [5, 5.41) is 5.49. The third-order valence-corrected chi connectivity index (χ3v) is 6.98. The van der Waals surface area contributed by atoms with Crippen LogP contribution in [0.15, 0.2) is 53.7 Å². The van der Waals surface area contributed by atoms with Gasteiger partial charge in [0.2, 0.25) is 21.8 Å². The fraction of sp³-hybridized carbons (Fsp3) is 0.381. The van der Waals surface area contributed by atoms with E-state index in [1.807, 2.05) is 0 Å². The zero-order valence-electron chi connectivity index (χ0n) is 17.0. The van der Waals surface area contributed by atoms with E-state index in [1.165, 1.54) is 16.4 Å². The summed E-state index contributed by atoms with van der Waals surface area (Å²) in [5.74, 6) is -1.48. The Kier molecular flexibility index (Phi) is 7.69. The fourth-order valence-corrected chi connectivity index (χ4v) is 4.89. The molecule has 1 saturated heterocycles. The largest absolute Gasteiger partial charge is 0.355 e. The number of rotatable bonds is 8. The number of halogens is 1. The predicted molar refractivity (Wildman–Crippen MR) is 112 cm³/mol. The summed E-state index contributed by atoms with van der Waals surface area (Å²) in [4.78, 5) is 28.3. The highest BCUT2D eigenvalue weighted by Gasteiger charge is 2.33. The summed E-state index contributed by atoms with van der Waals surface area (Å²) in [5.41, 5.74) is 0.928. The first-order valence-electron chi connectivity index (χ1n) is 10.1. The molecule has 1 aromatic heterocycles. The quantitative estimate of drug-likeness (QED) is 0.635. The minimum Gasteiger partial charge on any atom is -0.355 e. The van der Waals surface area contributed by atoms with Crippen LogP contribution >= 0.6 is 0 Å². The first-order valence-corrected chi connectivity index (χ1v) is 11.5. The van der Waals surface area contributed by atoms with E-state index in [0.717, 1.165) is 17.7 Å². The zero-order chi connectivity index (χ0) is 22.3. The summed E-state index contributed by atoms with van der Waals surface area (Å²) < 4.78 is 39.9. The van der Waals surface area contributed by atoms with Crippen LogP contribution in [0.5, 0.6) is 0 Å². The van der Waals surface area contributed by atoms with Gasteiger partial charge >= 0.3 is 0 Å². The Morgan fingerprint density at radius 3 is 2.52 bits per heavy atom. The van der Waals surface area contributed by atoms with Gasteiger partial charge in [0, 0.05) is 45.0 Å². The normalized spacial score (nSPS) is 17.1. The van der Waals surface area contributed by atoms with Crippen LogP contribution in [-0.4, -0.2) is 49.2 Å². The number of amides is 2. The number of hydrogen-bond donors (Lipinski definition) is 2. The van der Waals surface area contributed by atoms with Gasteiger partial charge in [-0.05, 0) is 54.8 Å². The monoisotopic (exact) mass is 448 g/mol. The van der Waals surface area contributed by atoms with Gasteiger partial charge in [0.25, 0.3) is 0 Å². The van der Waals surface area contributed by atoms with Crippen molar-refractivity contribution in [2.45, 2.75) is 30.7 Å². The molecule has 2 N–H and O–H groups in total. The average molecular weight is 449 g/mol. The van der Waals surface area contributed by atoms with E-state index in [1.54, 1.807) is 24.5 Å². The Balaban J connectivity index is 1.46. The number of pyridine rings is 1. The van der Waals surface area contributed by atoms with E-state index in [2.05, 4.69) is 15.6 Å². The van der Waals surface area contributed by atoms with E-state index < -0.39 is 21.8 Å². The van der Waals surface area contributed by atoms with Crippen molar-refractivity contribution in [2.24, 2.45) is 5.92 Å². The lowest BCUT2D eigenvalue weighted by atomic mass is 9.99. The molecule has 3 rings (SSSR count). The maximum Gasteiger partial charge on any atom is 0.243 e. The average Bonchev–Trinajstić information content (AvgIpc) is 2.78. The molecule has 0 saturated carbocycles. The van der Waals surface area contributed by atoms with Gasteiger partial charge in [-0.1, -0.05) is 0 Å². The van der Waals surface area contributed by atoms with Crippen LogP contribution in [0.3, 0.4) is 0 Å². The minimum atomic E-state index is -3.79. The molecule has 0 unspecified atom stereocenters. The van der Waals surface area contributed by atoms with Crippen molar-refractivity contribution < 1.29 is 22.4 Å². The van der Waals surface area contributed by atoms with Crippen LogP contribution in [0.4, 0.5) is 4.39 Å². The molecular weight excluding hydrogens is 423 g/mol. The van der Waals surface area contributed by atoms with E-state index in [0.29, 0.717) is 25.9 Å². The Morgan fingerprint density at radius 1 is 1.10 bits per heavy atom. The molecule has 0 aliphatic carbocycles. The van der Waals surface area contributed by atoms with Crippen molar-refractivity contribution in [3.05, 3.63) is 60.2 Å². The molecule has 2 heterocycles. The van der Waals surface area contributed by atoms with Crippen LogP contribution in [0, 0.1) is 11.7 Å². The Labute approximate surface area is 180 Å². The van der Waals surface area contributed by atoms with Crippen LogP contribution in [0.25, 0.3) is 0 Å². The molecule has 0 radical (unpaired) electrons. The number of sulfonamides is 1. The van der Waals surface area contributed by atoms with E-state index in [4.69, 9.17) is 0 Å². The Bertz CT molecular complexity index is 1000. The predicted octanol–water partition coefficient (Wildman–Crippen LogP) is 1.44. The summed E-state index contributed by atoms with van der Waals surface area (Å²) >= 11 is 0. The van der Waals surface area contributed by atoms with Gasteiger partial charge in [-0.3, -0.25) is 14.6 Å². The molecule has 1 aliphatic rings. The second kappa shape index (κ2) is 10.5. The molecule has 0 bridgehead atoms. The molecule has 1 aromatic carbocycles. The Hall–Kier alpha value is -2.85. The maximum absolute atomic E-state index is 13.1. The minimum absolute atomic E-state index is 0.000765. The molecule has 10 heteroatoms. The smallest absolute Gasteiger partial charge is 0.243 e. The van der Waals surface area contributed by atoms with E-state index >= 15 is 0 Å². The van der Waals surface area contributed by atoms with Crippen LogP contribution in [0.1, 0.15) is 24.8 Å². The fourth-order valence-electron chi connectivity index (χ4n) is 3.36. The van der Waals surface area contributed by atoms with Gasteiger partial charge in [0.1, 0.15) is 5.82 Å². The number of piperidine rings is 1. The zero-order valence-corrected chi connectivity index (χ0v) is 17.8. The number of benzene rings is 1. The van der Waals surface area contributed by atoms with Crippen molar-refractivity contribution in [3.8, 4) is 0 Å². The second-order valence-electron chi connectivity index (χ2n) is 7.33. The topological polar surface area (TPSA) is 108 Å². The van der Waals surface area contributed by atoms with Crippen LogP contribution < -0.4 is 10.6 Å². The molecule has 0 spiro atoms. The van der Waals surface area contributed by atoms with Crippen molar-refractivity contribution in [2.75, 3.05) is 19.6 Å². The van der Waals surface area contributed by atoms with Gasteiger partial charge < -0.3 is 10.6 Å². The van der Waals surface area contributed by atoms with Crippen molar-refractivity contribution in [3.63, 3.8) is 0 Å². The third kappa shape index (κ3) is 6.31. The lowest BCUT2D eigenvalue weighted by molar-refractivity contribution is -0.126. The van der Waals surface area contributed by atoms with Crippen LogP contribution in [-0.2, 0) is 26.2 Å². The van der Waals surface area contributed by atoms with Gasteiger partial charge in [0.05, 0.1) is 10.8 Å². The molecule has 8 nitrogen and oxygen atoms in total. The number of carbonyl (C=O) groups excluding carboxylic acids is 2. The second-order valence-corrected chi connectivity index (χ2v) is 9.27. The number of aromatic nitrogens is 1. The highest BCUT2D eigenvalue weighted by molar-refractivity contribution is 7.89. The van der Waals surface area contributed by atoms with Gasteiger partial charge in [-0.15, -0.1) is 0 Å². The molecule has 2 amide bonds. The molecular formula is C21H25FN4O4S. The lowest BCUT2D eigenvalue weighted by Gasteiger charge is -2.31. The summed E-state index contributed by atoms with van der Waals surface area (Å²) in [6.07, 6.45) is 4.53. The Morgan fingerprint density at radius 2 is 1.81 bits per heavy atom. The molecule has 1 fully saturated rings. The molecule has 31 heavy (non-hydrogen) atoms. The standard InChI is InChI=1S/C21H25FN4O4S/c22-18-3-5-19(6-4-18)31(29,30)26-13-1-2-17(15-26)21(28)24-12-9-20(27)25-14-16-7-10-23-11-8-16/h3-8,10-11,17H,1-2,9,12-15H2,(H,24,28)(H,25,27)/t17-/m1/s1. The van der Waals surface area contributed by atoms with E-state index in [9.17, 15) is 22.4 Å². The number of nitrogens with zero attached hydrogens (tertiary/aromatic N) is 2. The summed E-state index contributed by atoms with van der Waals surface area (Å²) in [6, 6.07) is 8.24.